The lowest BCUT2D eigenvalue weighted by molar-refractivity contribution is 0.179. The molecular formula is C9H14O2S2. The van der Waals surface area contributed by atoms with Gasteiger partial charge in [-0.1, -0.05) is 6.07 Å². The van der Waals surface area contributed by atoms with Gasteiger partial charge in [0.2, 0.25) is 0 Å². The summed E-state index contributed by atoms with van der Waals surface area (Å²) in [6.45, 7) is 0.222. The van der Waals surface area contributed by atoms with Gasteiger partial charge in [0.1, 0.15) is 0 Å². The predicted octanol–water partition coefficient (Wildman–Crippen LogP) is 1.90. The Morgan fingerprint density at radius 2 is 2.31 bits per heavy atom. The number of aliphatic hydroxyl groups is 2. The summed E-state index contributed by atoms with van der Waals surface area (Å²) in [5.41, 5.74) is 0. The summed E-state index contributed by atoms with van der Waals surface area (Å²) in [6, 6.07) is 3.90. The maximum Gasteiger partial charge on any atom is 0.0889 e. The molecule has 0 amide bonds. The Balaban J connectivity index is 2.15. The number of thiophene rings is 1. The highest BCUT2D eigenvalue weighted by atomic mass is 32.2. The molecule has 0 fully saturated rings. The maximum atomic E-state index is 9.64. The van der Waals surface area contributed by atoms with Crippen molar-refractivity contribution in [1.82, 2.24) is 0 Å². The van der Waals surface area contributed by atoms with Crippen molar-refractivity contribution in [3.05, 3.63) is 22.4 Å². The molecule has 0 saturated heterocycles. The van der Waals surface area contributed by atoms with Crippen LogP contribution in [0.15, 0.2) is 17.5 Å². The third-order valence-corrected chi connectivity index (χ3v) is 3.61. The summed E-state index contributed by atoms with van der Waals surface area (Å²) in [7, 11) is 0. The van der Waals surface area contributed by atoms with E-state index in [1.807, 2.05) is 17.5 Å². The van der Waals surface area contributed by atoms with Gasteiger partial charge in [-0.25, -0.2) is 0 Å². The molecule has 1 rings (SSSR count). The molecule has 0 aromatic carbocycles. The molecule has 0 saturated carbocycles. The van der Waals surface area contributed by atoms with Crippen molar-refractivity contribution in [1.29, 1.82) is 0 Å². The van der Waals surface area contributed by atoms with Crippen LogP contribution in [-0.2, 0) is 0 Å². The molecule has 1 aromatic rings. The fourth-order valence-electron chi connectivity index (χ4n) is 0.985. The summed E-state index contributed by atoms with van der Waals surface area (Å²) in [5.74, 6) is 1.66. The predicted molar refractivity (Wildman–Crippen MR) is 58.3 cm³/mol. The first-order valence-corrected chi connectivity index (χ1v) is 6.28. The minimum absolute atomic E-state index is 0.222. The van der Waals surface area contributed by atoms with Crippen LogP contribution >= 0.6 is 23.1 Å². The summed E-state index contributed by atoms with van der Waals surface area (Å²) in [5, 5.41) is 20.1. The lowest BCUT2D eigenvalue weighted by atomic mass is 10.2. The van der Waals surface area contributed by atoms with E-state index in [0.29, 0.717) is 0 Å². The van der Waals surface area contributed by atoms with Crippen LogP contribution in [0.4, 0.5) is 0 Å². The lowest BCUT2D eigenvalue weighted by Gasteiger charge is -2.06. The van der Waals surface area contributed by atoms with Crippen molar-refractivity contribution in [2.75, 3.05) is 18.1 Å². The molecule has 2 nitrogen and oxygen atoms in total. The Morgan fingerprint density at radius 3 is 2.92 bits per heavy atom. The number of thioether (sulfide) groups is 1. The summed E-state index contributed by atoms with van der Waals surface area (Å²) in [4.78, 5) is 1.03. The molecule has 0 aliphatic heterocycles. The fraction of sp³-hybridized carbons (Fsp3) is 0.556. The Hall–Kier alpha value is -0.0300. The Morgan fingerprint density at radius 1 is 1.46 bits per heavy atom. The van der Waals surface area contributed by atoms with E-state index in [4.69, 9.17) is 5.11 Å². The average Bonchev–Trinajstić information content (AvgIpc) is 2.65. The second-order valence-corrected chi connectivity index (χ2v) is 4.86. The van der Waals surface area contributed by atoms with Crippen LogP contribution in [0.25, 0.3) is 0 Å². The van der Waals surface area contributed by atoms with Crippen molar-refractivity contribution >= 4 is 23.1 Å². The molecule has 1 heterocycles. The second-order valence-electron chi connectivity index (χ2n) is 2.66. The second kappa shape index (κ2) is 6.43. The molecule has 2 N–H and O–H groups in total. The van der Waals surface area contributed by atoms with Crippen LogP contribution in [0.3, 0.4) is 0 Å². The van der Waals surface area contributed by atoms with Gasteiger partial charge in [-0.3, -0.25) is 0 Å². The fourth-order valence-corrected chi connectivity index (χ4v) is 2.45. The van der Waals surface area contributed by atoms with Gasteiger partial charge in [-0.15, -0.1) is 11.3 Å². The van der Waals surface area contributed by atoms with E-state index in [1.165, 1.54) is 0 Å². The van der Waals surface area contributed by atoms with Crippen molar-refractivity contribution in [3.8, 4) is 0 Å². The van der Waals surface area contributed by atoms with Crippen LogP contribution < -0.4 is 0 Å². The zero-order chi connectivity index (χ0) is 9.52. The standard InChI is InChI=1S/C9H14O2S2/c10-4-7-12-6-3-8(11)9-2-1-5-13-9/h1-2,5,8,10-11H,3-4,6-7H2/t8-/m1/s1. The lowest BCUT2D eigenvalue weighted by Crippen LogP contribution is -1.97. The first-order chi connectivity index (χ1) is 6.34. The number of hydrogen-bond acceptors (Lipinski definition) is 4. The third-order valence-electron chi connectivity index (χ3n) is 1.64. The molecule has 0 aliphatic rings. The van der Waals surface area contributed by atoms with E-state index in [0.717, 1.165) is 22.8 Å². The van der Waals surface area contributed by atoms with E-state index < -0.39 is 0 Å². The first-order valence-electron chi connectivity index (χ1n) is 4.24. The van der Waals surface area contributed by atoms with Gasteiger partial charge in [0.15, 0.2) is 0 Å². The van der Waals surface area contributed by atoms with Gasteiger partial charge in [0, 0.05) is 10.6 Å². The first kappa shape index (κ1) is 11.0. The van der Waals surface area contributed by atoms with Gasteiger partial charge in [-0.2, -0.15) is 11.8 Å². The molecule has 0 spiro atoms. The Labute approximate surface area is 86.6 Å². The Bertz CT molecular complexity index is 211. The molecule has 74 valence electrons. The summed E-state index contributed by atoms with van der Waals surface area (Å²) >= 11 is 3.26. The highest BCUT2D eigenvalue weighted by Gasteiger charge is 2.07. The van der Waals surface area contributed by atoms with Crippen LogP contribution in [0.2, 0.25) is 0 Å². The van der Waals surface area contributed by atoms with Gasteiger partial charge in [0.25, 0.3) is 0 Å². The molecule has 4 heteroatoms. The van der Waals surface area contributed by atoms with Gasteiger partial charge in [0.05, 0.1) is 12.7 Å². The quantitative estimate of drug-likeness (QED) is 0.716. The summed E-state index contributed by atoms with van der Waals surface area (Å²) < 4.78 is 0. The Kier molecular flexibility index (Phi) is 5.46. The van der Waals surface area contributed by atoms with Crippen LogP contribution in [0, 0.1) is 0 Å². The molecule has 0 bridgehead atoms. The van der Waals surface area contributed by atoms with Crippen LogP contribution in [-0.4, -0.2) is 28.3 Å². The number of rotatable bonds is 6. The van der Waals surface area contributed by atoms with Crippen LogP contribution in [0.1, 0.15) is 17.4 Å². The SMILES string of the molecule is OCCSCC[C@@H](O)c1cccs1. The van der Waals surface area contributed by atoms with Gasteiger partial charge >= 0.3 is 0 Å². The molecule has 0 unspecified atom stereocenters. The van der Waals surface area contributed by atoms with E-state index in [9.17, 15) is 5.11 Å². The van der Waals surface area contributed by atoms with E-state index in [2.05, 4.69) is 0 Å². The molecular weight excluding hydrogens is 204 g/mol. The minimum atomic E-state index is -0.328. The van der Waals surface area contributed by atoms with Crippen LogP contribution in [0.5, 0.6) is 0 Å². The van der Waals surface area contributed by atoms with Crippen molar-refractivity contribution in [3.63, 3.8) is 0 Å². The zero-order valence-corrected chi connectivity index (χ0v) is 8.98. The topological polar surface area (TPSA) is 40.5 Å². The normalized spacial score (nSPS) is 13.1. The highest BCUT2D eigenvalue weighted by Crippen LogP contribution is 2.22. The van der Waals surface area contributed by atoms with E-state index in [-0.39, 0.29) is 12.7 Å². The van der Waals surface area contributed by atoms with E-state index >= 15 is 0 Å². The van der Waals surface area contributed by atoms with Crippen molar-refractivity contribution < 1.29 is 10.2 Å². The summed E-state index contributed by atoms with van der Waals surface area (Å²) in [6.07, 6.45) is 0.441. The van der Waals surface area contributed by atoms with Gasteiger partial charge < -0.3 is 10.2 Å². The maximum absolute atomic E-state index is 9.64. The number of aliphatic hydroxyl groups excluding tert-OH is 2. The van der Waals surface area contributed by atoms with Crippen molar-refractivity contribution in [2.45, 2.75) is 12.5 Å². The highest BCUT2D eigenvalue weighted by molar-refractivity contribution is 7.99. The van der Waals surface area contributed by atoms with Crippen molar-refractivity contribution in [2.24, 2.45) is 0 Å². The molecule has 13 heavy (non-hydrogen) atoms. The average molecular weight is 218 g/mol. The number of hydrogen-bond donors (Lipinski definition) is 2. The third kappa shape index (κ3) is 4.13. The largest absolute Gasteiger partial charge is 0.396 e. The van der Waals surface area contributed by atoms with Gasteiger partial charge in [-0.05, 0) is 23.6 Å². The monoisotopic (exact) mass is 218 g/mol. The molecule has 1 atom stereocenters. The zero-order valence-electron chi connectivity index (χ0n) is 7.35. The minimum Gasteiger partial charge on any atom is -0.396 e. The molecule has 1 aromatic heterocycles. The molecule has 0 aliphatic carbocycles. The smallest absolute Gasteiger partial charge is 0.0889 e. The molecule has 0 radical (unpaired) electrons. The van der Waals surface area contributed by atoms with E-state index in [1.54, 1.807) is 23.1 Å².